The van der Waals surface area contributed by atoms with E-state index in [1.807, 2.05) is 0 Å². The molecular weight excluding hydrogens is 381 g/mol. The Morgan fingerprint density at radius 1 is 1.07 bits per heavy atom. The van der Waals surface area contributed by atoms with Crippen molar-refractivity contribution in [3.05, 3.63) is 83.9 Å². The maximum atomic E-state index is 13.9. The monoisotopic (exact) mass is 397 g/mol. The van der Waals surface area contributed by atoms with Crippen LogP contribution >= 0.6 is 0 Å². The second kappa shape index (κ2) is 7.05. The summed E-state index contributed by atoms with van der Waals surface area (Å²) in [6.07, 6.45) is 3.76. The summed E-state index contributed by atoms with van der Waals surface area (Å²) < 4.78 is 41.3. The highest BCUT2D eigenvalue weighted by atomic mass is 32.2. The molecule has 2 heterocycles. The van der Waals surface area contributed by atoms with E-state index in [4.69, 9.17) is 0 Å². The lowest BCUT2D eigenvalue weighted by atomic mass is 10.1. The Morgan fingerprint density at radius 3 is 2.57 bits per heavy atom. The van der Waals surface area contributed by atoms with Crippen LogP contribution < -0.4 is 9.62 Å². The van der Waals surface area contributed by atoms with Crippen molar-refractivity contribution in [2.24, 2.45) is 0 Å². The SMILES string of the molecule is O=C(c1ccncc1)N1CCc2ccc(NS(=O)(=O)c3ccccc3F)cc21. The summed E-state index contributed by atoms with van der Waals surface area (Å²) in [7, 11) is -4.09. The number of hydrogen-bond acceptors (Lipinski definition) is 4. The van der Waals surface area contributed by atoms with E-state index in [9.17, 15) is 17.6 Å². The van der Waals surface area contributed by atoms with Crippen molar-refractivity contribution in [1.82, 2.24) is 4.98 Å². The van der Waals surface area contributed by atoms with Crippen LogP contribution in [0.5, 0.6) is 0 Å². The van der Waals surface area contributed by atoms with Crippen LogP contribution in [0, 0.1) is 5.82 Å². The molecule has 1 amide bonds. The van der Waals surface area contributed by atoms with Crippen LogP contribution in [0.15, 0.2) is 71.9 Å². The molecule has 28 heavy (non-hydrogen) atoms. The number of carbonyl (C=O) groups is 1. The predicted molar refractivity (Wildman–Crippen MR) is 103 cm³/mol. The number of nitrogens with one attached hydrogen (secondary N) is 1. The molecule has 6 nitrogen and oxygen atoms in total. The maximum absolute atomic E-state index is 13.9. The molecule has 0 bridgehead atoms. The standard InChI is InChI=1S/C20H16FN3O3S/c21-17-3-1-2-4-19(17)28(26,27)23-16-6-5-14-9-12-24(18(14)13-16)20(25)15-7-10-22-11-8-15/h1-8,10-11,13,23H,9,12H2. The normalized spacial score (nSPS) is 13.2. The van der Waals surface area contributed by atoms with Crippen molar-refractivity contribution in [3.8, 4) is 0 Å². The van der Waals surface area contributed by atoms with Gasteiger partial charge in [-0.2, -0.15) is 0 Å². The fraction of sp³-hybridized carbons (Fsp3) is 0.100. The average molecular weight is 397 g/mol. The second-order valence-corrected chi connectivity index (χ2v) is 7.97. The van der Waals surface area contributed by atoms with Gasteiger partial charge in [0.25, 0.3) is 15.9 Å². The summed E-state index contributed by atoms with van der Waals surface area (Å²) >= 11 is 0. The van der Waals surface area contributed by atoms with Gasteiger partial charge in [0, 0.05) is 30.2 Å². The Labute approximate surface area is 161 Å². The van der Waals surface area contributed by atoms with Crippen molar-refractivity contribution in [2.75, 3.05) is 16.2 Å². The average Bonchev–Trinajstić information content (AvgIpc) is 3.11. The molecule has 0 unspecified atom stereocenters. The molecule has 1 aromatic heterocycles. The maximum Gasteiger partial charge on any atom is 0.264 e. The van der Waals surface area contributed by atoms with Crippen molar-refractivity contribution in [1.29, 1.82) is 0 Å². The Balaban J connectivity index is 1.64. The van der Waals surface area contributed by atoms with Crippen molar-refractivity contribution in [3.63, 3.8) is 0 Å². The molecule has 142 valence electrons. The van der Waals surface area contributed by atoms with Gasteiger partial charge in [0.1, 0.15) is 10.7 Å². The van der Waals surface area contributed by atoms with Gasteiger partial charge in [-0.15, -0.1) is 0 Å². The van der Waals surface area contributed by atoms with E-state index in [1.165, 1.54) is 18.2 Å². The molecule has 1 N–H and O–H groups in total. The molecule has 0 saturated carbocycles. The number of amides is 1. The van der Waals surface area contributed by atoms with Crippen LogP contribution in [0.2, 0.25) is 0 Å². The molecule has 1 aliphatic rings. The van der Waals surface area contributed by atoms with Gasteiger partial charge in [0.15, 0.2) is 0 Å². The number of aromatic nitrogens is 1. The third kappa shape index (κ3) is 3.34. The zero-order valence-corrected chi connectivity index (χ0v) is 15.5. The smallest absolute Gasteiger partial charge is 0.264 e. The first-order chi connectivity index (χ1) is 13.5. The van der Waals surface area contributed by atoms with Crippen LogP contribution in [-0.4, -0.2) is 25.9 Å². The number of anilines is 2. The first-order valence-electron chi connectivity index (χ1n) is 8.58. The molecule has 0 fully saturated rings. The Bertz CT molecular complexity index is 1150. The van der Waals surface area contributed by atoms with E-state index >= 15 is 0 Å². The number of sulfonamides is 1. The van der Waals surface area contributed by atoms with Gasteiger partial charge < -0.3 is 4.90 Å². The van der Waals surface area contributed by atoms with Gasteiger partial charge in [-0.1, -0.05) is 18.2 Å². The lowest BCUT2D eigenvalue weighted by Gasteiger charge is -2.18. The molecule has 0 atom stereocenters. The number of carbonyl (C=O) groups excluding carboxylic acids is 1. The predicted octanol–water partition coefficient (Wildman–Crippen LogP) is 3.22. The molecular formula is C20H16FN3O3S. The molecule has 2 aromatic carbocycles. The fourth-order valence-electron chi connectivity index (χ4n) is 3.18. The first kappa shape index (κ1) is 18.1. The summed E-state index contributed by atoms with van der Waals surface area (Å²) in [5, 5.41) is 0. The van der Waals surface area contributed by atoms with Gasteiger partial charge in [-0.25, -0.2) is 12.8 Å². The number of benzene rings is 2. The van der Waals surface area contributed by atoms with Crippen molar-refractivity contribution in [2.45, 2.75) is 11.3 Å². The third-order valence-corrected chi connectivity index (χ3v) is 5.95. The van der Waals surface area contributed by atoms with Crippen molar-refractivity contribution < 1.29 is 17.6 Å². The van der Waals surface area contributed by atoms with Gasteiger partial charge in [-0.3, -0.25) is 14.5 Å². The van der Waals surface area contributed by atoms with Gasteiger partial charge in [0.05, 0.1) is 5.69 Å². The zero-order chi connectivity index (χ0) is 19.7. The number of hydrogen-bond donors (Lipinski definition) is 1. The highest BCUT2D eigenvalue weighted by molar-refractivity contribution is 7.92. The summed E-state index contributed by atoms with van der Waals surface area (Å²) in [6.45, 7) is 0.500. The van der Waals surface area contributed by atoms with Crippen LogP contribution in [0.25, 0.3) is 0 Å². The quantitative estimate of drug-likeness (QED) is 0.733. The van der Waals surface area contributed by atoms with Crippen molar-refractivity contribution >= 4 is 27.3 Å². The van der Waals surface area contributed by atoms with Crippen LogP contribution in [0.4, 0.5) is 15.8 Å². The minimum Gasteiger partial charge on any atom is -0.308 e. The highest BCUT2D eigenvalue weighted by Gasteiger charge is 2.27. The lowest BCUT2D eigenvalue weighted by molar-refractivity contribution is 0.0989. The number of halogens is 1. The van der Waals surface area contributed by atoms with Crippen LogP contribution in [0.3, 0.4) is 0 Å². The summed E-state index contributed by atoms with van der Waals surface area (Å²) in [5.74, 6) is -1.01. The number of nitrogens with zero attached hydrogens (tertiary/aromatic N) is 2. The molecule has 4 rings (SSSR count). The molecule has 0 spiro atoms. The van der Waals surface area contributed by atoms with Gasteiger partial charge in [0.2, 0.25) is 0 Å². The van der Waals surface area contributed by atoms with E-state index in [-0.39, 0.29) is 11.6 Å². The molecule has 3 aromatic rings. The summed E-state index contributed by atoms with van der Waals surface area (Å²) in [6, 6.07) is 13.4. The Hall–Kier alpha value is -3.26. The first-order valence-corrected chi connectivity index (χ1v) is 10.1. The molecule has 1 aliphatic heterocycles. The molecule has 0 radical (unpaired) electrons. The molecule has 0 aliphatic carbocycles. The zero-order valence-electron chi connectivity index (χ0n) is 14.7. The van der Waals surface area contributed by atoms with E-state index in [1.54, 1.807) is 47.6 Å². The summed E-state index contributed by atoms with van der Waals surface area (Å²) in [4.78, 5) is 17.9. The second-order valence-electron chi connectivity index (χ2n) is 6.32. The topological polar surface area (TPSA) is 79.4 Å². The van der Waals surface area contributed by atoms with E-state index in [0.29, 0.717) is 24.2 Å². The number of pyridine rings is 1. The lowest BCUT2D eigenvalue weighted by Crippen LogP contribution is -2.28. The summed E-state index contributed by atoms with van der Waals surface area (Å²) in [5.41, 5.74) is 2.34. The third-order valence-electron chi connectivity index (χ3n) is 4.53. The highest BCUT2D eigenvalue weighted by Crippen LogP contribution is 2.32. The van der Waals surface area contributed by atoms with Gasteiger partial charge in [-0.05, 0) is 48.4 Å². The van der Waals surface area contributed by atoms with Gasteiger partial charge >= 0.3 is 0 Å². The van der Waals surface area contributed by atoms with Crippen LogP contribution in [0.1, 0.15) is 15.9 Å². The number of fused-ring (bicyclic) bond motifs is 1. The Morgan fingerprint density at radius 2 is 1.82 bits per heavy atom. The van der Waals surface area contributed by atoms with E-state index in [2.05, 4.69) is 9.71 Å². The molecule has 0 saturated heterocycles. The van der Waals surface area contributed by atoms with E-state index < -0.39 is 20.7 Å². The largest absolute Gasteiger partial charge is 0.308 e. The fourth-order valence-corrected chi connectivity index (χ4v) is 4.31. The minimum absolute atomic E-state index is 0.185. The molecule has 8 heteroatoms. The van der Waals surface area contributed by atoms with Crippen LogP contribution in [-0.2, 0) is 16.4 Å². The van der Waals surface area contributed by atoms with E-state index in [0.717, 1.165) is 11.6 Å². The Kier molecular flexibility index (Phi) is 4.56. The number of rotatable bonds is 4. The minimum atomic E-state index is -4.09.